The summed E-state index contributed by atoms with van der Waals surface area (Å²) in [4.78, 5) is 72.5. The second-order valence-electron chi connectivity index (χ2n) is 27.6. The summed E-state index contributed by atoms with van der Waals surface area (Å²) in [6.07, 6.45) is 53.1. The van der Waals surface area contributed by atoms with E-state index in [9.17, 15) is 43.2 Å². The summed E-state index contributed by atoms with van der Waals surface area (Å²) in [5.74, 6) is -0.609. The Bertz CT molecular complexity index is 1800. The number of aliphatic hydroxyl groups is 1. The van der Waals surface area contributed by atoms with Crippen molar-refractivity contribution < 1.29 is 80.2 Å². The van der Waals surface area contributed by atoms with Crippen LogP contribution in [0.15, 0.2) is 0 Å². The molecule has 0 saturated heterocycles. The molecular formula is C74H144O17P2. The van der Waals surface area contributed by atoms with Crippen molar-refractivity contribution in [2.45, 2.75) is 400 Å². The molecule has 17 nitrogen and oxygen atoms in total. The van der Waals surface area contributed by atoms with Crippen LogP contribution >= 0.6 is 15.6 Å². The van der Waals surface area contributed by atoms with E-state index in [4.69, 9.17) is 37.0 Å². The van der Waals surface area contributed by atoms with Gasteiger partial charge in [-0.1, -0.05) is 330 Å². The number of carbonyl (C=O) groups is 4. The molecule has 552 valence electrons. The second-order valence-corrected chi connectivity index (χ2v) is 30.5. The minimum absolute atomic E-state index is 0.103. The molecule has 3 N–H and O–H groups in total. The van der Waals surface area contributed by atoms with E-state index in [1.807, 2.05) is 0 Å². The van der Waals surface area contributed by atoms with E-state index >= 15 is 0 Å². The first-order valence-electron chi connectivity index (χ1n) is 38.5. The smallest absolute Gasteiger partial charge is 0.462 e. The summed E-state index contributed by atoms with van der Waals surface area (Å²) < 4.78 is 68.3. The van der Waals surface area contributed by atoms with Gasteiger partial charge in [0.1, 0.15) is 19.3 Å². The van der Waals surface area contributed by atoms with Crippen molar-refractivity contribution in [1.29, 1.82) is 0 Å². The van der Waals surface area contributed by atoms with Crippen LogP contribution in [0.25, 0.3) is 0 Å². The molecule has 0 heterocycles. The third-order valence-corrected chi connectivity index (χ3v) is 19.1. The van der Waals surface area contributed by atoms with E-state index < -0.39 is 97.5 Å². The molecule has 0 saturated carbocycles. The van der Waals surface area contributed by atoms with Crippen LogP contribution in [0, 0.1) is 11.8 Å². The van der Waals surface area contributed by atoms with Gasteiger partial charge in [0, 0.05) is 25.7 Å². The molecule has 2 unspecified atom stereocenters. The molecule has 0 aliphatic rings. The molecule has 0 aliphatic carbocycles. The molecule has 19 heteroatoms. The highest BCUT2D eigenvalue weighted by Crippen LogP contribution is 2.45. The molecule has 5 atom stereocenters. The number of phosphoric acid groups is 2. The van der Waals surface area contributed by atoms with Gasteiger partial charge in [0.25, 0.3) is 0 Å². The average molecular weight is 1370 g/mol. The fourth-order valence-corrected chi connectivity index (χ4v) is 12.9. The Kier molecular flexibility index (Phi) is 64.6. The Morgan fingerprint density at radius 1 is 0.290 bits per heavy atom. The SMILES string of the molecule is CCCCCCCCCCCCCCCCCC(=O)OC[C@H](COP(=O)(O)OC[C@@H](O)COP(=O)(O)OC[C@@H](COC(=O)CCCCCCCCC)OC(=O)CCCCCCCCCC(C)C)OC(=O)CCCCCCCCCCCCCCCCCCCCC(C)C. The topological polar surface area (TPSA) is 237 Å². The maximum atomic E-state index is 13.1. The van der Waals surface area contributed by atoms with Crippen LogP contribution in [0.5, 0.6) is 0 Å². The van der Waals surface area contributed by atoms with Gasteiger partial charge in [0.05, 0.1) is 26.4 Å². The summed E-state index contributed by atoms with van der Waals surface area (Å²) in [6.45, 7) is 9.51. The molecule has 0 aromatic rings. The Balaban J connectivity index is 5.15. The highest BCUT2D eigenvalue weighted by molar-refractivity contribution is 7.47. The van der Waals surface area contributed by atoms with Gasteiger partial charge in [-0.05, 0) is 37.5 Å². The third kappa shape index (κ3) is 68.4. The zero-order valence-electron chi connectivity index (χ0n) is 60.6. The fraction of sp³-hybridized carbons (Fsp3) is 0.946. The molecule has 93 heavy (non-hydrogen) atoms. The summed E-state index contributed by atoms with van der Waals surface area (Å²) in [5.41, 5.74) is 0. The van der Waals surface area contributed by atoms with Crippen molar-refractivity contribution in [3.63, 3.8) is 0 Å². The normalized spacial score (nSPS) is 14.1. The Hall–Kier alpha value is -1.94. The number of esters is 4. The van der Waals surface area contributed by atoms with Gasteiger partial charge in [0.2, 0.25) is 0 Å². The van der Waals surface area contributed by atoms with Crippen LogP contribution < -0.4 is 0 Å². The van der Waals surface area contributed by atoms with E-state index in [-0.39, 0.29) is 25.7 Å². The van der Waals surface area contributed by atoms with Crippen molar-refractivity contribution in [3.8, 4) is 0 Å². The quantitative estimate of drug-likeness (QED) is 0.0222. The molecule has 0 aromatic heterocycles. The third-order valence-electron chi connectivity index (χ3n) is 17.2. The minimum atomic E-state index is -4.95. The largest absolute Gasteiger partial charge is 0.472 e. The molecule has 0 spiro atoms. The molecule has 0 rings (SSSR count). The first-order chi connectivity index (χ1) is 44.9. The average Bonchev–Trinajstić information content (AvgIpc) is 2.20. The number of aliphatic hydroxyl groups excluding tert-OH is 1. The first-order valence-corrected chi connectivity index (χ1v) is 41.5. The molecular weight excluding hydrogens is 1220 g/mol. The van der Waals surface area contributed by atoms with Gasteiger partial charge in [-0.2, -0.15) is 0 Å². The predicted molar refractivity (Wildman–Crippen MR) is 377 cm³/mol. The summed E-state index contributed by atoms with van der Waals surface area (Å²) >= 11 is 0. The summed E-state index contributed by atoms with van der Waals surface area (Å²) in [5, 5.41) is 10.6. The Morgan fingerprint density at radius 3 is 0.731 bits per heavy atom. The molecule has 0 bridgehead atoms. The van der Waals surface area contributed by atoms with Crippen molar-refractivity contribution in [1.82, 2.24) is 0 Å². The van der Waals surface area contributed by atoms with Crippen LogP contribution in [0.2, 0.25) is 0 Å². The van der Waals surface area contributed by atoms with Gasteiger partial charge in [-0.25, -0.2) is 9.13 Å². The van der Waals surface area contributed by atoms with E-state index in [2.05, 4.69) is 41.5 Å². The highest BCUT2D eigenvalue weighted by atomic mass is 31.2. The standard InChI is InChI=1S/C74H144O17P2/c1-7-9-11-13-15-16-17-18-23-27-30-33-39-45-51-57-72(77)85-63-70(90-73(78)58-52-46-40-34-31-28-25-22-20-19-21-24-26-29-32-37-42-48-54-66(3)4)65-89-93(82,83)87-61-68(75)60-86-92(80,81)88-64-69(62-84-71(76)56-50-44-36-14-12-10-8-2)91-74(79)59-53-47-41-35-38-43-49-55-67(5)6/h66-70,75H,7-65H2,1-6H3,(H,80,81)(H,82,83)/t68-,69+,70+/m0/s1. The molecule has 0 aliphatic heterocycles. The lowest BCUT2D eigenvalue weighted by molar-refractivity contribution is -0.161. The van der Waals surface area contributed by atoms with Crippen LogP contribution in [0.4, 0.5) is 0 Å². The lowest BCUT2D eigenvalue weighted by atomic mass is 10.0. The van der Waals surface area contributed by atoms with Crippen molar-refractivity contribution in [2.75, 3.05) is 39.6 Å². The van der Waals surface area contributed by atoms with Gasteiger partial charge < -0.3 is 33.8 Å². The lowest BCUT2D eigenvalue weighted by Gasteiger charge is -2.21. The van der Waals surface area contributed by atoms with Gasteiger partial charge in [0.15, 0.2) is 12.2 Å². The van der Waals surface area contributed by atoms with Crippen molar-refractivity contribution in [2.24, 2.45) is 11.8 Å². The van der Waals surface area contributed by atoms with Crippen LogP contribution in [-0.4, -0.2) is 96.7 Å². The van der Waals surface area contributed by atoms with Gasteiger partial charge in [-0.3, -0.25) is 37.3 Å². The Labute approximate surface area is 568 Å². The zero-order valence-corrected chi connectivity index (χ0v) is 62.3. The number of phosphoric ester groups is 2. The maximum absolute atomic E-state index is 13.1. The second kappa shape index (κ2) is 66.0. The van der Waals surface area contributed by atoms with E-state index in [0.29, 0.717) is 31.6 Å². The number of unbranched alkanes of at least 4 members (excludes halogenated alkanes) is 43. The van der Waals surface area contributed by atoms with E-state index in [0.717, 1.165) is 109 Å². The van der Waals surface area contributed by atoms with E-state index in [1.165, 1.54) is 186 Å². The van der Waals surface area contributed by atoms with Gasteiger partial charge >= 0.3 is 39.5 Å². The minimum Gasteiger partial charge on any atom is -0.462 e. The van der Waals surface area contributed by atoms with Crippen LogP contribution in [-0.2, 0) is 65.4 Å². The maximum Gasteiger partial charge on any atom is 0.472 e. The molecule has 0 fully saturated rings. The lowest BCUT2D eigenvalue weighted by Crippen LogP contribution is -2.30. The summed E-state index contributed by atoms with van der Waals surface area (Å²) in [6, 6.07) is 0. The van der Waals surface area contributed by atoms with Gasteiger partial charge in [-0.15, -0.1) is 0 Å². The van der Waals surface area contributed by atoms with Crippen molar-refractivity contribution in [3.05, 3.63) is 0 Å². The Morgan fingerprint density at radius 2 is 0.495 bits per heavy atom. The van der Waals surface area contributed by atoms with Crippen LogP contribution in [0.1, 0.15) is 382 Å². The number of ether oxygens (including phenoxy) is 4. The predicted octanol–water partition coefficient (Wildman–Crippen LogP) is 21.6. The molecule has 0 aromatic carbocycles. The fourth-order valence-electron chi connectivity index (χ4n) is 11.3. The number of rotatable bonds is 73. The number of carbonyl (C=O) groups excluding carboxylic acids is 4. The highest BCUT2D eigenvalue weighted by Gasteiger charge is 2.30. The molecule has 0 radical (unpaired) electrons. The number of hydrogen-bond donors (Lipinski definition) is 3. The number of hydrogen-bond acceptors (Lipinski definition) is 15. The monoisotopic (exact) mass is 1370 g/mol. The van der Waals surface area contributed by atoms with E-state index in [1.54, 1.807) is 0 Å². The summed E-state index contributed by atoms with van der Waals surface area (Å²) in [7, 11) is -9.90. The van der Waals surface area contributed by atoms with Crippen molar-refractivity contribution >= 4 is 39.5 Å². The van der Waals surface area contributed by atoms with Crippen LogP contribution in [0.3, 0.4) is 0 Å². The zero-order chi connectivity index (χ0) is 68.6. The molecule has 0 amide bonds. The first kappa shape index (κ1) is 91.1.